The molecule has 1 aliphatic rings. The molecule has 2 N–H and O–H groups in total. The maximum absolute atomic E-state index is 12.7. The van der Waals surface area contributed by atoms with Gasteiger partial charge in [0.2, 0.25) is 11.8 Å². The molecule has 36 heavy (non-hydrogen) atoms. The summed E-state index contributed by atoms with van der Waals surface area (Å²) in [5.74, 6) is 0.0335. The Kier molecular flexibility index (Phi) is 8.87. The number of benzene rings is 3. The zero-order valence-corrected chi connectivity index (χ0v) is 21.2. The molecular formula is C30H36N4O2. The van der Waals surface area contributed by atoms with Crippen LogP contribution in [-0.4, -0.2) is 60.9 Å². The number of piperazine rings is 1. The zero-order chi connectivity index (χ0) is 25.3. The van der Waals surface area contributed by atoms with Gasteiger partial charge in [-0.3, -0.25) is 19.4 Å². The Labute approximate surface area is 214 Å². The van der Waals surface area contributed by atoms with Gasteiger partial charge in [0.1, 0.15) is 0 Å². The second kappa shape index (κ2) is 12.5. The van der Waals surface area contributed by atoms with Crippen LogP contribution in [0.15, 0.2) is 78.9 Å². The predicted octanol–water partition coefficient (Wildman–Crippen LogP) is 4.35. The van der Waals surface area contributed by atoms with E-state index in [9.17, 15) is 9.59 Å². The smallest absolute Gasteiger partial charge is 0.238 e. The Balaban J connectivity index is 1.19. The summed E-state index contributed by atoms with van der Waals surface area (Å²) >= 11 is 0. The molecule has 0 bridgehead atoms. The molecule has 0 radical (unpaired) electrons. The van der Waals surface area contributed by atoms with Gasteiger partial charge in [-0.15, -0.1) is 0 Å². The van der Waals surface area contributed by atoms with Crippen LogP contribution < -0.4 is 10.6 Å². The first-order chi connectivity index (χ1) is 17.5. The van der Waals surface area contributed by atoms with Crippen LogP contribution >= 0.6 is 0 Å². The molecule has 1 aliphatic heterocycles. The lowest BCUT2D eigenvalue weighted by Crippen LogP contribution is -2.51. The SMILES string of the molecule is CCc1ccccc1NC(=O)CN1CCN(CC(=O)N[C@H](C)c2ccc(-c3ccccc3)cc2)CC1. The third-order valence-corrected chi connectivity index (χ3v) is 6.77. The molecule has 6 nitrogen and oxygen atoms in total. The van der Waals surface area contributed by atoms with Gasteiger partial charge in [-0.25, -0.2) is 0 Å². The van der Waals surface area contributed by atoms with Gasteiger partial charge in [0.05, 0.1) is 19.1 Å². The quantitative estimate of drug-likeness (QED) is 0.474. The first-order valence-electron chi connectivity index (χ1n) is 12.8. The summed E-state index contributed by atoms with van der Waals surface area (Å²) in [6.07, 6.45) is 0.884. The van der Waals surface area contributed by atoms with Crippen molar-refractivity contribution in [3.63, 3.8) is 0 Å². The molecule has 3 aromatic carbocycles. The highest BCUT2D eigenvalue weighted by molar-refractivity contribution is 5.93. The fourth-order valence-electron chi connectivity index (χ4n) is 4.62. The average Bonchev–Trinajstić information content (AvgIpc) is 2.90. The van der Waals surface area contributed by atoms with Crippen molar-refractivity contribution in [2.45, 2.75) is 26.3 Å². The lowest BCUT2D eigenvalue weighted by Gasteiger charge is -2.34. The lowest BCUT2D eigenvalue weighted by molar-refractivity contribution is -0.124. The van der Waals surface area contributed by atoms with E-state index in [-0.39, 0.29) is 17.9 Å². The van der Waals surface area contributed by atoms with Gasteiger partial charge in [0, 0.05) is 31.9 Å². The van der Waals surface area contributed by atoms with Crippen molar-refractivity contribution in [1.82, 2.24) is 15.1 Å². The third-order valence-electron chi connectivity index (χ3n) is 6.77. The van der Waals surface area contributed by atoms with E-state index in [1.54, 1.807) is 0 Å². The molecule has 1 heterocycles. The summed E-state index contributed by atoms with van der Waals surface area (Å²) in [6, 6.07) is 26.5. The average molecular weight is 485 g/mol. The lowest BCUT2D eigenvalue weighted by atomic mass is 10.0. The first-order valence-corrected chi connectivity index (χ1v) is 12.8. The van der Waals surface area contributed by atoms with Crippen LogP contribution in [0.2, 0.25) is 0 Å². The molecular weight excluding hydrogens is 448 g/mol. The summed E-state index contributed by atoms with van der Waals surface area (Å²) in [5, 5.41) is 6.17. The summed E-state index contributed by atoms with van der Waals surface area (Å²) in [5.41, 5.74) is 5.47. The Morgan fingerprint density at radius 1 is 0.750 bits per heavy atom. The van der Waals surface area contributed by atoms with Gasteiger partial charge in [0.15, 0.2) is 0 Å². The van der Waals surface area contributed by atoms with Crippen LogP contribution in [0.5, 0.6) is 0 Å². The molecule has 1 atom stereocenters. The van der Waals surface area contributed by atoms with E-state index in [2.05, 4.69) is 63.8 Å². The van der Waals surface area contributed by atoms with Crippen LogP contribution in [-0.2, 0) is 16.0 Å². The van der Waals surface area contributed by atoms with E-state index in [4.69, 9.17) is 0 Å². The molecule has 3 aromatic rings. The van der Waals surface area contributed by atoms with Crippen molar-refractivity contribution in [1.29, 1.82) is 0 Å². The van der Waals surface area contributed by atoms with Crippen molar-refractivity contribution in [3.05, 3.63) is 90.0 Å². The normalized spacial score (nSPS) is 15.3. The summed E-state index contributed by atoms with van der Waals surface area (Å²) in [6.45, 7) is 7.92. The minimum Gasteiger partial charge on any atom is -0.348 e. The summed E-state index contributed by atoms with van der Waals surface area (Å²) in [4.78, 5) is 29.5. The first kappa shape index (κ1) is 25.6. The van der Waals surface area contributed by atoms with Crippen molar-refractivity contribution >= 4 is 17.5 Å². The van der Waals surface area contributed by atoms with Gasteiger partial charge in [0.25, 0.3) is 0 Å². The van der Waals surface area contributed by atoms with Crippen LogP contribution in [0.4, 0.5) is 5.69 Å². The van der Waals surface area contributed by atoms with Gasteiger partial charge in [-0.2, -0.15) is 0 Å². The number of para-hydroxylation sites is 1. The van der Waals surface area contributed by atoms with Crippen LogP contribution in [0.1, 0.15) is 31.0 Å². The van der Waals surface area contributed by atoms with E-state index in [1.807, 2.05) is 49.4 Å². The van der Waals surface area contributed by atoms with Crippen molar-refractivity contribution < 1.29 is 9.59 Å². The molecule has 0 saturated carbocycles. The Bertz CT molecular complexity index is 1140. The second-order valence-electron chi connectivity index (χ2n) is 9.39. The fraction of sp³-hybridized carbons (Fsp3) is 0.333. The predicted molar refractivity (Wildman–Crippen MR) is 146 cm³/mol. The van der Waals surface area contributed by atoms with Gasteiger partial charge in [-0.05, 0) is 41.7 Å². The number of nitrogens with zero attached hydrogens (tertiary/aromatic N) is 2. The summed E-state index contributed by atoms with van der Waals surface area (Å²) in [7, 11) is 0. The van der Waals surface area contributed by atoms with Crippen LogP contribution in [0, 0.1) is 0 Å². The minimum absolute atomic E-state index is 0.00852. The van der Waals surface area contributed by atoms with E-state index >= 15 is 0 Å². The molecule has 6 heteroatoms. The molecule has 4 rings (SSSR count). The topological polar surface area (TPSA) is 64.7 Å². The van der Waals surface area contributed by atoms with Gasteiger partial charge < -0.3 is 10.6 Å². The maximum atomic E-state index is 12.7. The molecule has 0 aromatic heterocycles. The van der Waals surface area contributed by atoms with Crippen LogP contribution in [0.3, 0.4) is 0 Å². The van der Waals surface area contributed by atoms with Gasteiger partial charge in [-0.1, -0.05) is 79.7 Å². The number of hydrogen-bond donors (Lipinski definition) is 2. The highest BCUT2D eigenvalue weighted by Gasteiger charge is 2.21. The molecule has 0 spiro atoms. The molecule has 188 valence electrons. The highest BCUT2D eigenvalue weighted by Crippen LogP contribution is 2.22. The minimum atomic E-state index is -0.0571. The number of anilines is 1. The number of nitrogens with one attached hydrogen (secondary N) is 2. The number of carbonyl (C=O) groups excluding carboxylic acids is 2. The highest BCUT2D eigenvalue weighted by atomic mass is 16.2. The zero-order valence-electron chi connectivity index (χ0n) is 21.2. The molecule has 1 fully saturated rings. The number of rotatable bonds is 9. The third kappa shape index (κ3) is 7.03. The van der Waals surface area contributed by atoms with Gasteiger partial charge >= 0.3 is 0 Å². The molecule has 0 unspecified atom stereocenters. The van der Waals surface area contributed by atoms with Crippen molar-refractivity contribution in [2.75, 3.05) is 44.6 Å². The van der Waals surface area contributed by atoms with E-state index in [0.717, 1.165) is 49.4 Å². The Morgan fingerprint density at radius 2 is 1.31 bits per heavy atom. The van der Waals surface area contributed by atoms with E-state index in [0.29, 0.717) is 13.1 Å². The number of aryl methyl sites for hydroxylation is 1. The number of carbonyl (C=O) groups is 2. The maximum Gasteiger partial charge on any atom is 0.238 e. The number of amides is 2. The van der Waals surface area contributed by atoms with Crippen molar-refractivity contribution in [3.8, 4) is 11.1 Å². The van der Waals surface area contributed by atoms with E-state index in [1.165, 1.54) is 11.1 Å². The Hall–Kier alpha value is -3.48. The summed E-state index contributed by atoms with van der Waals surface area (Å²) < 4.78 is 0. The largest absolute Gasteiger partial charge is 0.348 e. The standard InChI is InChI=1S/C30H36N4O2/c1-3-24-9-7-8-12-28(24)32-30(36)22-34-19-17-33(18-20-34)21-29(35)31-23(2)25-13-15-27(16-14-25)26-10-5-4-6-11-26/h4-16,23H,3,17-22H2,1-2H3,(H,31,35)(H,32,36)/t23-/m1/s1. The molecule has 0 aliphatic carbocycles. The molecule has 2 amide bonds. The number of hydrogen-bond acceptors (Lipinski definition) is 4. The monoisotopic (exact) mass is 484 g/mol. The van der Waals surface area contributed by atoms with Crippen molar-refractivity contribution in [2.24, 2.45) is 0 Å². The second-order valence-corrected chi connectivity index (χ2v) is 9.39. The van der Waals surface area contributed by atoms with Crippen LogP contribution in [0.25, 0.3) is 11.1 Å². The Morgan fingerprint density at radius 3 is 1.94 bits per heavy atom. The van der Waals surface area contributed by atoms with E-state index < -0.39 is 0 Å². The molecule has 1 saturated heterocycles. The fourth-order valence-corrected chi connectivity index (χ4v) is 4.62.